The van der Waals surface area contributed by atoms with E-state index in [-0.39, 0.29) is 6.04 Å². The van der Waals surface area contributed by atoms with E-state index in [1.165, 1.54) is 0 Å². The van der Waals surface area contributed by atoms with Crippen molar-refractivity contribution in [3.05, 3.63) is 104 Å². The van der Waals surface area contributed by atoms with Gasteiger partial charge in [0.05, 0.1) is 17.7 Å². The molecule has 4 aromatic rings. The quantitative estimate of drug-likeness (QED) is 0.322. The van der Waals surface area contributed by atoms with E-state index >= 15 is 0 Å². The zero-order valence-electron chi connectivity index (χ0n) is 18.5. The third kappa shape index (κ3) is 3.34. The zero-order chi connectivity index (χ0) is 23.2. The van der Waals surface area contributed by atoms with Gasteiger partial charge < -0.3 is 9.47 Å². The molecule has 3 aromatic carbocycles. The van der Waals surface area contributed by atoms with Gasteiger partial charge in [-0.25, -0.2) is 4.99 Å². The number of hydrogen-bond acceptors (Lipinski definition) is 7. The Morgan fingerprint density at radius 1 is 0.971 bits per heavy atom. The van der Waals surface area contributed by atoms with Crippen molar-refractivity contribution in [1.29, 1.82) is 0 Å². The standard InChI is InChI=1S/C26H20N4O2S2/c1-16-8-6-7-11-20(16)29-24-22(34-26(29)33)21(17-12-14-19(31-2)15-13-17)27-25-30(24)28-23(32-25)18-9-4-3-5-10-18/h3-15,21H,1-2H3. The predicted octanol–water partition coefficient (Wildman–Crippen LogP) is 6.24. The summed E-state index contributed by atoms with van der Waals surface area (Å²) in [6.07, 6.45) is 0. The van der Waals surface area contributed by atoms with Crippen molar-refractivity contribution in [2.24, 2.45) is 10.1 Å². The molecule has 0 saturated carbocycles. The first-order valence-corrected chi connectivity index (χ1v) is 12.0. The molecule has 1 aromatic heterocycles. The van der Waals surface area contributed by atoms with Crippen LogP contribution in [0.15, 0.2) is 89.0 Å². The molecule has 0 N–H and O–H groups in total. The number of methoxy groups -OCH3 is 1. The van der Waals surface area contributed by atoms with Crippen LogP contribution in [0.25, 0.3) is 5.69 Å². The Hall–Kier alpha value is -3.75. The Morgan fingerprint density at radius 2 is 1.71 bits per heavy atom. The van der Waals surface area contributed by atoms with Crippen LogP contribution in [0.4, 0.5) is 5.82 Å². The van der Waals surface area contributed by atoms with Gasteiger partial charge in [0.15, 0.2) is 9.77 Å². The second-order valence-electron chi connectivity index (χ2n) is 7.95. The summed E-state index contributed by atoms with van der Waals surface area (Å²) in [6.45, 7) is 2.08. The van der Waals surface area contributed by atoms with Crippen LogP contribution in [-0.2, 0) is 4.74 Å². The highest BCUT2D eigenvalue weighted by Gasteiger charge is 2.39. The Morgan fingerprint density at radius 3 is 2.44 bits per heavy atom. The van der Waals surface area contributed by atoms with E-state index in [0.717, 1.165) is 42.8 Å². The molecule has 2 aliphatic rings. The molecule has 6 nitrogen and oxygen atoms in total. The molecule has 168 valence electrons. The van der Waals surface area contributed by atoms with Gasteiger partial charge in [-0.2, -0.15) is 5.01 Å². The first kappa shape index (κ1) is 20.8. The molecule has 3 heterocycles. The minimum absolute atomic E-state index is 0.269. The normalized spacial score (nSPS) is 16.3. The fraction of sp³-hybridized carbons (Fsp3) is 0.115. The molecule has 8 heteroatoms. The third-order valence-electron chi connectivity index (χ3n) is 5.87. The summed E-state index contributed by atoms with van der Waals surface area (Å²) in [5.74, 6) is 2.17. The van der Waals surface area contributed by atoms with Gasteiger partial charge in [0.2, 0.25) is 5.90 Å². The molecule has 0 spiro atoms. The molecule has 0 saturated heterocycles. The summed E-state index contributed by atoms with van der Waals surface area (Å²) in [7, 11) is 1.66. The lowest BCUT2D eigenvalue weighted by molar-refractivity contribution is 0.414. The fourth-order valence-corrected chi connectivity index (χ4v) is 5.66. The molecule has 0 bridgehead atoms. The van der Waals surface area contributed by atoms with E-state index in [4.69, 9.17) is 31.8 Å². The van der Waals surface area contributed by atoms with Crippen LogP contribution >= 0.6 is 23.6 Å². The van der Waals surface area contributed by atoms with E-state index in [2.05, 4.69) is 23.6 Å². The summed E-state index contributed by atoms with van der Waals surface area (Å²) in [5, 5.41) is 6.60. The van der Waals surface area contributed by atoms with Crippen LogP contribution in [0.3, 0.4) is 0 Å². The fourth-order valence-electron chi connectivity index (χ4n) is 4.17. The number of thiazole rings is 1. The number of ether oxygens (including phenoxy) is 2. The molecular formula is C26H20N4O2S2. The van der Waals surface area contributed by atoms with Gasteiger partial charge in [0, 0.05) is 5.56 Å². The smallest absolute Gasteiger partial charge is 0.322 e. The number of amidine groups is 1. The molecule has 0 aliphatic carbocycles. The number of hydrogen-bond donors (Lipinski definition) is 0. The Labute approximate surface area is 206 Å². The minimum atomic E-state index is -0.269. The van der Waals surface area contributed by atoms with Gasteiger partial charge in [-0.3, -0.25) is 4.57 Å². The Kier molecular flexibility index (Phi) is 5.04. The van der Waals surface area contributed by atoms with E-state index in [0.29, 0.717) is 11.9 Å². The van der Waals surface area contributed by atoms with Crippen LogP contribution in [-0.4, -0.2) is 23.6 Å². The summed E-state index contributed by atoms with van der Waals surface area (Å²) in [5.41, 5.74) is 4.05. The molecular weight excluding hydrogens is 464 g/mol. The van der Waals surface area contributed by atoms with Crippen molar-refractivity contribution < 1.29 is 9.47 Å². The number of aliphatic imine (C=N–C) groups is 1. The predicted molar refractivity (Wildman–Crippen MR) is 138 cm³/mol. The number of nitrogens with zero attached hydrogens (tertiary/aromatic N) is 4. The van der Waals surface area contributed by atoms with E-state index < -0.39 is 0 Å². The van der Waals surface area contributed by atoms with Gasteiger partial charge in [0.1, 0.15) is 11.8 Å². The number of aromatic nitrogens is 1. The van der Waals surface area contributed by atoms with E-state index in [1.807, 2.05) is 66.7 Å². The molecule has 0 fully saturated rings. The molecule has 0 radical (unpaired) electrons. The molecule has 1 atom stereocenters. The molecule has 2 aliphatic heterocycles. The van der Waals surface area contributed by atoms with Crippen LogP contribution in [0.2, 0.25) is 0 Å². The summed E-state index contributed by atoms with van der Waals surface area (Å²) < 4.78 is 14.4. The van der Waals surface area contributed by atoms with Gasteiger partial charge >= 0.3 is 6.02 Å². The second kappa shape index (κ2) is 8.23. The average molecular weight is 485 g/mol. The van der Waals surface area contributed by atoms with Crippen molar-refractivity contribution in [3.63, 3.8) is 0 Å². The lowest BCUT2D eigenvalue weighted by Crippen LogP contribution is -2.29. The highest BCUT2D eigenvalue weighted by atomic mass is 32.1. The second-order valence-corrected chi connectivity index (χ2v) is 9.63. The van der Waals surface area contributed by atoms with Crippen molar-refractivity contribution in [3.8, 4) is 11.4 Å². The van der Waals surface area contributed by atoms with Crippen molar-refractivity contribution in [2.45, 2.75) is 13.0 Å². The molecule has 6 rings (SSSR count). The van der Waals surface area contributed by atoms with E-state index in [1.54, 1.807) is 23.5 Å². The van der Waals surface area contributed by atoms with Gasteiger partial charge in [0.25, 0.3) is 0 Å². The van der Waals surface area contributed by atoms with Crippen LogP contribution in [0.5, 0.6) is 5.75 Å². The highest BCUT2D eigenvalue weighted by Crippen LogP contribution is 2.45. The first-order valence-electron chi connectivity index (χ1n) is 10.8. The van der Waals surface area contributed by atoms with Gasteiger partial charge in [-0.1, -0.05) is 48.5 Å². The number of aryl methyl sites for hydroxylation is 1. The van der Waals surface area contributed by atoms with Gasteiger partial charge in [-0.15, -0.1) is 16.4 Å². The Bertz CT molecular complexity index is 1500. The summed E-state index contributed by atoms with van der Waals surface area (Å²) >= 11 is 7.43. The molecule has 0 amide bonds. The molecule has 34 heavy (non-hydrogen) atoms. The number of rotatable bonds is 4. The number of hydrazone groups is 1. The van der Waals surface area contributed by atoms with E-state index in [9.17, 15) is 0 Å². The number of fused-ring (bicyclic) bond motifs is 3. The maximum atomic E-state index is 6.19. The zero-order valence-corrected chi connectivity index (χ0v) is 20.1. The van der Waals surface area contributed by atoms with Crippen molar-refractivity contribution in [1.82, 2.24) is 4.57 Å². The first-order chi connectivity index (χ1) is 16.6. The average Bonchev–Trinajstić information content (AvgIpc) is 3.45. The van der Waals surface area contributed by atoms with Crippen LogP contribution < -0.4 is 9.75 Å². The number of anilines is 1. The maximum Gasteiger partial charge on any atom is 0.322 e. The van der Waals surface area contributed by atoms with Crippen molar-refractivity contribution in [2.75, 3.05) is 12.1 Å². The van der Waals surface area contributed by atoms with Crippen LogP contribution in [0, 0.1) is 10.9 Å². The van der Waals surface area contributed by atoms with Crippen LogP contribution in [0.1, 0.15) is 27.6 Å². The maximum absolute atomic E-state index is 6.19. The largest absolute Gasteiger partial charge is 0.497 e. The Balaban J connectivity index is 1.56. The highest BCUT2D eigenvalue weighted by molar-refractivity contribution is 7.73. The van der Waals surface area contributed by atoms with Gasteiger partial charge in [-0.05, 0) is 60.6 Å². The third-order valence-corrected chi connectivity index (χ3v) is 7.28. The topological polar surface area (TPSA) is 51.4 Å². The molecule has 1 unspecified atom stereocenters. The van der Waals surface area contributed by atoms with Crippen molar-refractivity contribution >= 4 is 41.3 Å². The summed E-state index contributed by atoms with van der Waals surface area (Å²) in [6, 6.07) is 26.2. The number of para-hydroxylation sites is 1. The SMILES string of the molecule is COc1ccc(C2N=C3OC(c4ccccc4)=NN3c3c2sc(=S)n3-c2ccccc2C)cc1. The lowest BCUT2D eigenvalue weighted by Gasteiger charge is -2.25. The minimum Gasteiger partial charge on any atom is -0.497 e. The lowest BCUT2D eigenvalue weighted by atomic mass is 10.0. The summed E-state index contributed by atoms with van der Waals surface area (Å²) in [4.78, 5) is 5.99. The number of benzene rings is 3. The monoisotopic (exact) mass is 484 g/mol.